The molecule has 0 bridgehead atoms. The molecule has 0 saturated carbocycles. The Labute approximate surface area is 103 Å². The number of hydrogen-bond donors (Lipinski definition) is 0. The molecule has 17 heavy (non-hydrogen) atoms. The SMILES string of the molecule is C/C=C(\CC)C1=Nc2cc(C)ccc2N=CC1. The minimum absolute atomic E-state index is 0.821. The highest BCUT2D eigenvalue weighted by Crippen LogP contribution is 2.31. The Morgan fingerprint density at radius 3 is 2.88 bits per heavy atom. The van der Waals surface area contributed by atoms with E-state index in [1.807, 2.05) is 12.3 Å². The van der Waals surface area contributed by atoms with Gasteiger partial charge in [-0.2, -0.15) is 0 Å². The number of rotatable bonds is 2. The van der Waals surface area contributed by atoms with Crippen molar-refractivity contribution in [1.82, 2.24) is 0 Å². The maximum atomic E-state index is 4.77. The van der Waals surface area contributed by atoms with Crippen LogP contribution in [0.15, 0.2) is 39.8 Å². The van der Waals surface area contributed by atoms with E-state index in [4.69, 9.17) is 4.99 Å². The summed E-state index contributed by atoms with van der Waals surface area (Å²) in [5, 5.41) is 0. The summed E-state index contributed by atoms with van der Waals surface area (Å²) in [6.45, 7) is 6.32. The zero-order valence-corrected chi connectivity index (χ0v) is 10.7. The molecule has 88 valence electrons. The highest BCUT2D eigenvalue weighted by Gasteiger charge is 2.09. The van der Waals surface area contributed by atoms with Crippen LogP contribution in [-0.4, -0.2) is 11.9 Å². The van der Waals surface area contributed by atoms with Crippen LogP contribution in [0, 0.1) is 6.92 Å². The van der Waals surface area contributed by atoms with Gasteiger partial charge in [-0.15, -0.1) is 0 Å². The average molecular weight is 226 g/mol. The monoisotopic (exact) mass is 226 g/mol. The molecule has 2 nitrogen and oxygen atoms in total. The van der Waals surface area contributed by atoms with Crippen LogP contribution in [0.2, 0.25) is 0 Å². The second-order valence-corrected chi connectivity index (χ2v) is 4.23. The minimum Gasteiger partial charge on any atom is -0.259 e. The van der Waals surface area contributed by atoms with Gasteiger partial charge in [0.05, 0.1) is 11.4 Å². The predicted octanol–water partition coefficient (Wildman–Crippen LogP) is 4.53. The lowest BCUT2D eigenvalue weighted by molar-refractivity contribution is 1.15. The number of aryl methyl sites for hydroxylation is 1. The Morgan fingerprint density at radius 2 is 2.18 bits per heavy atom. The second kappa shape index (κ2) is 5.09. The zero-order chi connectivity index (χ0) is 12.3. The molecule has 2 heteroatoms. The molecule has 0 spiro atoms. The van der Waals surface area contributed by atoms with E-state index in [1.54, 1.807) is 0 Å². The van der Waals surface area contributed by atoms with Crippen LogP contribution in [0.4, 0.5) is 11.4 Å². The molecule has 1 aliphatic heterocycles. The summed E-state index contributed by atoms with van der Waals surface area (Å²) in [6.07, 6.45) is 5.94. The quantitative estimate of drug-likeness (QED) is 0.707. The van der Waals surface area contributed by atoms with Gasteiger partial charge in [-0.1, -0.05) is 19.1 Å². The van der Waals surface area contributed by atoms with E-state index in [-0.39, 0.29) is 0 Å². The summed E-state index contributed by atoms with van der Waals surface area (Å²) in [6, 6.07) is 6.21. The van der Waals surface area contributed by atoms with Crippen LogP contribution in [0.3, 0.4) is 0 Å². The summed E-state index contributed by atoms with van der Waals surface area (Å²) in [4.78, 5) is 9.23. The highest BCUT2D eigenvalue weighted by atomic mass is 14.9. The molecule has 1 aromatic rings. The van der Waals surface area contributed by atoms with Gasteiger partial charge in [-0.05, 0) is 43.5 Å². The molecule has 0 saturated heterocycles. The Kier molecular flexibility index (Phi) is 3.52. The van der Waals surface area contributed by atoms with Gasteiger partial charge < -0.3 is 0 Å². The van der Waals surface area contributed by atoms with E-state index in [1.165, 1.54) is 11.1 Å². The number of nitrogens with zero attached hydrogens (tertiary/aromatic N) is 2. The molecular formula is C15H18N2. The molecule has 0 aliphatic carbocycles. The first-order valence-corrected chi connectivity index (χ1v) is 6.11. The Morgan fingerprint density at radius 1 is 1.35 bits per heavy atom. The van der Waals surface area contributed by atoms with E-state index in [0.29, 0.717) is 0 Å². The molecule has 0 atom stereocenters. The largest absolute Gasteiger partial charge is 0.259 e. The second-order valence-electron chi connectivity index (χ2n) is 4.23. The first-order chi connectivity index (χ1) is 8.24. The summed E-state index contributed by atoms with van der Waals surface area (Å²) < 4.78 is 0. The average Bonchev–Trinajstić information content (AvgIpc) is 2.52. The first-order valence-electron chi connectivity index (χ1n) is 6.11. The van der Waals surface area contributed by atoms with Gasteiger partial charge in [0.2, 0.25) is 0 Å². The van der Waals surface area contributed by atoms with Crippen LogP contribution in [0.1, 0.15) is 32.3 Å². The maximum Gasteiger partial charge on any atom is 0.0892 e. The van der Waals surface area contributed by atoms with Crippen LogP contribution >= 0.6 is 0 Å². The van der Waals surface area contributed by atoms with Gasteiger partial charge in [0.25, 0.3) is 0 Å². The molecule has 0 N–H and O–H groups in total. The van der Waals surface area contributed by atoms with E-state index < -0.39 is 0 Å². The van der Waals surface area contributed by atoms with Gasteiger partial charge in [-0.25, -0.2) is 0 Å². The molecule has 1 aromatic carbocycles. The van der Waals surface area contributed by atoms with Crippen molar-refractivity contribution in [3.63, 3.8) is 0 Å². The zero-order valence-electron chi connectivity index (χ0n) is 10.7. The van der Waals surface area contributed by atoms with Crippen molar-refractivity contribution >= 4 is 23.3 Å². The molecule has 1 heterocycles. The number of aliphatic imine (C=N–C) groups is 2. The van der Waals surface area contributed by atoms with Crippen molar-refractivity contribution in [2.75, 3.05) is 0 Å². The lowest BCUT2D eigenvalue weighted by Gasteiger charge is -2.06. The molecule has 0 aromatic heterocycles. The van der Waals surface area contributed by atoms with Gasteiger partial charge in [0, 0.05) is 18.3 Å². The Bertz CT molecular complexity index is 508. The van der Waals surface area contributed by atoms with Crippen molar-refractivity contribution in [2.45, 2.75) is 33.6 Å². The van der Waals surface area contributed by atoms with Crippen LogP contribution in [0.5, 0.6) is 0 Å². The fraction of sp³-hybridized carbons (Fsp3) is 0.333. The van der Waals surface area contributed by atoms with Crippen molar-refractivity contribution < 1.29 is 0 Å². The molecule has 2 rings (SSSR count). The van der Waals surface area contributed by atoms with E-state index >= 15 is 0 Å². The molecule has 1 aliphatic rings. The summed E-state index contributed by atoms with van der Waals surface area (Å²) in [5.41, 5.74) is 5.63. The van der Waals surface area contributed by atoms with Crippen molar-refractivity contribution in [3.05, 3.63) is 35.4 Å². The number of hydrogen-bond acceptors (Lipinski definition) is 2. The highest BCUT2D eigenvalue weighted by molar-refractivity contribution is 6.09. The summed E-state index contributed by atoms with van der Waals surface area (Å²) in [7, 11) is 0. The number of allylic oxidation sites excluding steroid dienone is 2. The third-order valence-electron chi connectivity index (χ3n) is 3.00. The fourth-order valence-corrected chi connectivity index (χ4v) is 2.03. The summed E-state index contributed by atoms with van der Waals surface area (Å²) >= 11 is 0. The van der Waals surface area contributed by atoms with Crippen molar-refractivity contribution in [3.8, 4) is 0 Å². The lowest BCUT2D eigenvalue weighted by Crippen LogP contribution is -2.01. The third kappa shape index (κ3) is 2.52. The molecule has 0 fully saturated rings. The minimum atomic E-state index is 0.821. The molecule has 0 unspecified atom stereocenters. The van der Waals surface area contributed by atoms with E-state index in [0.717, 1.165) is 29.9 Å². The fourth-order valence-electron chi connectivity index (χ4n) is 2.03. The molecule has 0 radical (unpaired) electrons. The first kappa shape index (κ1) is 11.8. The standard InChI is InChI=1S/C15H18N2/c1-4-12(5-2)13-8-9-16-14-7-6-11(3)10-15(14)17-13/h4,6-7,9-10H,5,8H2,1-3H3/b12-4+. The number of benzene rings is 1. The van der Waals surface area contributed by atoms with Gasteiger partial charge >= 0.3 is 0 Å². The van der Waals surface area contributed by atoms with Crippen LogP contribution in [-0.2, 0) is 0 Å². The van der Waals surface area contributed by atoms with Gasteiger partial charge in [-0.3, -0.25) is 9.98 Å². The Hall–Kier alpha value is -1.70. The van der Waals surface area contributed by atoms with Gasteiger partial charge in [0.15, 0.2) is 0 Å². The smallest absolute Gasteiger partial charge is 0.0892 e. The van der Waals surface area contributed by atoms with Crippen molar-refractivity contribution in [2.24, 2.45) is 9.98 Å². The normalized spacial score (nSPS) is 15.2. The maximum absolute atomic E-state index is 4.77. The van der Waals surface area contributed by atoms with Gasteiger partial charge in [0.1, 0.15) is 0 Å². The lowest BCUT2D eigenvalue weighted by atomic mass is 10.1. The number of fused-ring (bicyclic) bond motifs is 1. The van der Waals surface area contributed by atoms with Crippen LogP contribution < -0.4 is 0 Å². The summed E-state index contributed by atoms with van der Waals surface area (Å²) in [5.74, 6) is 0. The molecular weight excluding hydrogens is 208 g/mol. The van der Waals surface area contributed by atoms with E-state index in [9.17, 15) is 0 Å². The third-order valence-corrected chi connectivity index (χ3v) is 3.00. The van der Waals surface area contributed by atoms with Crippen molar-refractivity contribution in [1.29, 1.82) is 0 Å². The van der Waals surface area contributed by atoms with Crippen LogP contribution in [0.25, 0.3) is 0 Å². The van der Waals surface area contributed by atoms with E-state index in [2.05, 4.69) is 44.0 Å². The Balaban J connectivity index is 2.49. The topological polar surface area (TPSA) is 24.7 Å². The predicted molar refractivity (Wildman–Crippen MR) is 75.1 cm³/mol. The molecule has 0 amide bonds.